The minimum Gasteiger partial charge on any atom is -0.383 e. The molecule has 1 aromatic rings. The largest absolute Gasteiger partial charge is 0.383 e. The van der Waals surface area contributed by atoms with E-state index in [1.165, 1.54) is 12.1 Å². The highest BCUT2D eigenvalue weighted by Gasteiger charge is 2.16. The summed E-state index contributed by atoms with van der Waals surface area (Å²) in [6.07, 6.45) is 0. The van der Waals surface area contributed by atoms with Crippen molar-refractivity contribution < 1.29 is 9.66 Å². The highest BCUT2D eigenvalue weighted by molar-refractivity contribution is 6.42. The summed E-state index contributed by atoms with van der Waals surface area (Å²) in [5.41, 5.74) is 0.263. The number of nitro benzene ring substituents is 1. The minimum atomic E-state index is -0.497. The van der Waals surface area contributed by atoms with Crippen LogP contribution >= 0.6 is 23.2 Å². The van der Waals surface area contributed by atoms with Gasteiger partial charge in [0.2, 0.25) is 0 Å². The summed E-state index contributed by atoms with van der Waals surface area (Å²) in [7, 11) is 1.62. The van der Waals surface area contributed by atoms with Gasteiger partial charge in [-0.25, -0.2) is 0 Å². The first-order valence-electron chi connectivity index (χ1n) is 5.63. The second-order valence-electron chi connectivity index (χ2n) is 3.71. The number of halogens is 2. The third-order valence-electron chi connectivity index (χ3n) is 2.34. The van der Waals surface area contributed by atoms with Crippen LogP contribution in [0.2, 0.25) is 10.0 Å². The number of nitrogens with one attached hydrogen (secondary N) is 2. The maximum atomic E-state index is 10.9. The topological polar surface area (TPSA) is 76.4 Å². The molecule has 106 valence electrons. The van der Waals surface area contributed by atoms with Crippen molar-refractivity contribution in [2.45, 2.75) is 0 Å². The Morgan fingerprint density at radius 3 is 2.58 bits per heavy atom. The zero-order valence-electron chi connectivity index (χ0n) is 10.4. The fourth-order valence-electron chi connectivity index (χ4n) is 1.41. The lowest BCUT2D eigenvalue weighted by Gasteiger charge is -2.09. The highest BCUT2D eigenvalue weighted by atomic mass is 35.5. The summed E-state index contributed by atoms with van der Waals surface area (Å²) >= 11 is 11.6. The van der Waals surface area contributed by atoms with Crippen LogP contribution in [0.3, 0.4) is 0 Å². The van der Waals surface area contributed by atoms with Gasteiger partial charge in [0.05, 0.1) is 21.6 Å². The average molecular weight is 308 g/mol. The number of ether oxygens (including phenoxy) is 1. The summed E-state index contributed by atoms with van der Waals surface area (Å²) in [5.74, 6) is 0. The van der Waals surface area contributed by atoms with Gasteiger partial charge in [0.1, 0.15) is 5.69 Å². The van der Waals surface area contributed by atoms with Gasteiger partial charge in [-0.3, -0.25) is 10.1 Å². The van der Waals surface area contributed by atoms with Crippen LogP contribution in [-0.4, -0.2) is 38.3 Å². The van der Waals surface area contributed by atoms with Crippen LogP contribution in [0.15, 0.2) is 12.1 Å². The Labute approximate surface area is 121 Å². The van der Waals surface area contributed by atoms with Crippen LogP contribution in [0.5, 0.6) is 0 Å². The molecule has 0 radical (unpaired) electrons. The number of hydrogen-bond donors (Lipinski definition) is 2. The van der Waals surface area contributed by atoms with Gasteiger partial charge in [0, 0.05) is 32.8 Å². The van der Waals surface area contributed by atoms with Gasteiger partial charge in [-0.05, 0) is 6.07 Å². The fourth-order valence-corrected chi connectivity index (χ4v) is 1.74. The Balaban J connectivity index is 2.57. The molecule has 0 saturated heterocycles. The molecule has 1 aromatic carbocycles. The number of nitrogens with zero attached hydrogens (tertiary/aromatic N) is 1. The molecule has 19 heavy (non-hydrogen) atoms. The summed E-state index contributed by atoms with van der Waals surface area (Å²) in [6.45, 7) is 2.53. The number of methoxy groups -OCH3 is 1. The standard InChI is InChI=1S/C11H15Cl2N3O3/c1-19-5-4-14-2-3-15-10-6-8(12)9(13)7-11(10)16(17)18/h6-7,14-15H,2-5H2,1H3. The van der Waals surface area contributed by atoms with Gasteiger partial charge in [-0.15, -0.1) is 0 Å². The van der Waals surface area contributed by atoms with E-state index in [2.05, 4.69) is 10.6 Å². The van der Waals surface area contributed by atoms with Crippen LogP contribution in [0.25, 0.3) is 0 Å². The summed E-state index contributed by atoms with van der Waals surface area (Å²) < 4.78 is 4.88. The van der Waals surface area contributed by atoms with E-state index < -0.39 is 4.92 Å². The Morgan fingerprint density at radius 2 is 1.95 bits per heavy atom. The molecule has 0 bridgehead atoms. The van der Waals surface area contributed by atoms with Crippen molar-refractivity contribution in [3.63, 3.8) is 0 Å². The zero-order chi connectivity index (χ0) is 14.3. The second-order valence-corrected chi connectivity index (χ2v) is 4.52. The molecule has 0 unspecified atom stereocenters. The number of anilines is 1. The lowest BCUT2D eigenvalue weighted by molar-refractivity contribution is -0.383. The van der Waals surface area contributed by atoms with Gasteiger partial charge >= 0.3 is 0 Å². The molecule has 0 amide bonds. The normalized spacial score (nSPS) is 10.5. The van der Waals surface area contributed by atoms with Crippen molar-refractivity contribution in [2.24, 2.45) is 0 Å². The number of rotatable bonds is 8. The lowest BCUT2D eigenvalue weighted by atomic mass is 10.2. The molecule has 6 nitrogen and oxygen atoms in total. The monoisotopic (exact) mass is 307 g/mol. The highest BCUT2D eigenvalue weighted by Crippen LogP contribution is 2.33. The van der Waals surface area contributed by atoms with Crippen molar-refractivity contribution in [1.29, 1.82) is 0 Å². The summed E-state index contributed by atoms with van der Waals surface area (Å²) in [4.78, 5) is 10.4. The molecule has 0 aromatic heterocycles. The Bertz CT molecular complexity index is 443. The summed E-state index contributed by atoms with van der Waals surface area (Å²) in [5, 5.41) is 17.4. The van der Waals surface area contributed by atoms with Gasteiger partial charge in [-0.2, -0.15) is 0 Å². The fraction of sp³-hybridized carbons (Fsp3) is 0.455. The first kappa shape index (κ1) is 16.0. The molecule has 0 fully saturated rings. The Morgan fingerprint density at radius 1 is 1.26 bits per heavy atom. The maximum absolute atomic E-state index is 10.9. The third kappa shape index (κ3) is 5.20. The zero-order valence-corrected chi connectivity index (χ0v) is 11.9. The molecule has 0 aliphatic rings. The van der Waals surface area contributed by atoms with E-state index >= 15 is 0 Å². The lowest BCUT2D eigenvalue weighted by Crippen LogP contribution is -2.25. The molecule has 0 aliphatic carbocycles. The Kier molecular flexibility index (Phi) is 6.86. The number of hydrogen-bond acceptors (Lipinski definition) is 5. The molecule has 1 rings (SSSR count). The van der Waals surface area contributed by atoms with Gasteiger partial charge in [0.15, 0.2) is 0 Å². The first-order valence-corrected chi connectivity index (χ1v) is 6.38. The average Bonchev–Trinajstić information content (AvgIpc) is 2.37. The van der Waals surface area contributed by atoms with E-state index in [9.17, 15) is 10.1 Å². The van der Waals surface area contributed by atoms with Crippen molar-refractivity contribution in [1.82, 2.24) is 5.32 Å². The van der Waals surface area contributed by atoms with E-state index in [0.29, 0.717) is 25.4 Å². The second kappa shape index (κ2) is 8.16. The van der Waals surface area contributed by atoms with Crippen LogP contribution < -0.4 is 10.6 Å². The first-order chi connectivity index (χ1) is 9.06. The number of benzene rings is 1. The van der Waals surface area contributed by atoms with Gasteiger partial charge in [-0.1, -0.05) is 23.2 Å². The molecule has 0 saturated carbocycles. The molecule has 0 spiro atoms. The molecule has 2 N–H and O–H groups in total. The van der Waals surface area contributed by atoms with Crippen LogP contribution in [0.1, 0.15) is 0 Å². The van der Waals surface area contributed by atoms with E-state index in [1.54, 1.807) is 7.11 Å². The van der Waals surface area contributed by atoms with Crippen LogP contribution in [-0.2, 0) is 4.74 Å². The predicted octanol–water partition coefficient (Wildman–Crippen LogP) is 2.55. The molecule has 8 heteroatoms. The van der Waals surface area contributed by atoms with Gasteiger partial charge < -0.3 is 15.4 Å². The van der Waals surface area contributed by atoms with Crippen LogP contribution in [0.4, 0.5) is 11.4 Å². The Hall–Kier alpha value is -1.08. The van der Waals surface area contributed by atoms with E-state index in [0.717, 1.165) is 6.54 Å². The molecule has 0 heterocycles. The van der Waals surface area contributed by atoms with Crippen molar-refractivity contribution in [3.05, 3.63) is 32.3 Å². The number of nitro groups is 1. The molecular weight excluding hydrogens is 293 g/mol. The maximum Gasteiger partial charge on any atom is 0.293 e. The third-order valence-corrected chi connectivity index (χ3v) is 3.06. The smallest absolute Gasteiger partial charge is 0.293 e. The molecule has 0 atom stereocenters. The SMILES string of the molecule is COCCNCCNc1cc(Cl)c(Cl)cc1[N+](=O)[O-]. The van der Waals surface area contributed by atoms with Gasteiger partial charge in [0.25, 0.3) is 5.69 Å². The molecular formula is C11H15Cl2N3O3. The van der Waals surface area contributed by atoms with Crippen molar-refractivity contribution in [3.8, 4) is 0 Å². The van der Waals surface area contributed by atoms with E-state index in [4.69, 9.17) is 27.9 Å². The van der Waals surface area contributed by atoms with E-state index in [-0.39, 0.29) is 15.7 Å². The van der Waals surface area contributed by atoms with E-state index in [1.807, 2.05) is 0 Å². The minimum absolute atomic E-state index is 0.0914. The summed E-state index contributed by atoms with van der Waals surface area (Å²) in [6, 6.07) is 2.70. The quantitative estimate of drug-likeness (QED) is 0.438. The van der Waals surface area contributed by atoms with Crippen molar-refractivity contribution in [2.75, 3.05) is 38.7 Å². The predicted molar refractivity (Wildman–Crippen MR) is 76.4 cm³/mol. The van der Waals surface area contributed by atoms with Crippen LogP contribution in [0, 0.1) is 10.1 Å². The molecule has 0 aliphatic heterocycles. The van der Waals surface area contributed by atoms with Crippen molar-refractivity contribution >= 4 is 34.6 Å².